The standard InChI is InChI=1S/C13H20FN3/c1-17-7-6-16-12(10-17)9-15-8-11-4-2-3-5-13(11)14/h2-5,12,15-16H,6-10H2,1H3. The molecule has 1 aliphatic heterocycles. The molecule has 2 N–H and O–H groups in total. The number of hydrogen-bond acceptors (Lipinski definition) is 3. The van der Waals surface area contributed by atoms with Gasteiger partial charge in [-0.1, -0.05) is 18.2 Å². The summed E-state index contributed by atoms with van der Waals surface area (Å²) < 4.78 is 13.4. The van der Waals surface area contributed by atoms with Crippen LogP contribution in [0.2, 0.25) is 0 Å². The highest BCUT2D eigenvalue weighted by molar-refractivity contribution is 5.16. The lowest BCUT2D eigenvalue weighted by molar-refractivity contribution is 0.235. The van der Waals surface area contributed by atoms with Gasteiger partial charge in [0.1, 0.15) is 5.82 Å². The maximum absolute atomic E-state index is 13.4. The molecule has 1 saturated heterocycles. The molecule has 1 aromatic carbocycles. The summed E-state index contributed by atoms with van der Waals surface area (Å²) in [6.07, 6.45) is 0. The van der Waals surface area contributed by atoms with Crippen molar-refractivity contribution >= 4 is 0 Å². The Labute approximate surface area is 102 Å². The van der Waals surface area contributed by atoms with E-state index in [4.69, 9.17) is 0 Å². The maximum atomic E-state index is 13.4. The van der Waals surface area contributed by atoms with Crippen molar-refractivity contribution in [3.05, 3.63) is 35.6 Å². The fourth-order valence-electron chi connectivity index (χ4n) is 2.15. The van der Waals surface area contributed by atoms with Gasteiger partial charge in [0.05, 0.1) is 0 Å². The van der Waals surface area contributed by atoms with E-state index in [1.54, 1.807) is 6.07 Å². The van der Waals surface area contributed by atoms with E-state index >= 15 is 0 Å². The molecular weight excluding hydrogens is 217 g/mol. The first-order chi connectivity index (χ1) is 8.25. The van der Waals surface area contributed by atoms with Crippen LogP contribution >= 0.6 is 0 Å². The number of rotatable bonds is 4. The fourth-order valence-corrected chi connectivity index (χ4v) is 2.15. The van der Waals surface area contributed by atoms with E-state index in [0.717, 1.165) is 31.7 Å². The van der Waals surface area contributed by atoms with Gasteiger partial charge in [0.25, 0.3) is 0 Å². The average molecular weight is 237 g/mol. The summed E-state index contributed by atoms with van der Waals surface area (Å²) in [5.41, 5.74) is 0.733. The van der Waals surface area contributed by atoms with Crippen molar-refractivity contribution in [1.82, 2.24) is 15.5 Å². The Bertz CT molecular complexity index is 356. The van der Waals surface area contributed by atoms with Crippen LogP contribution in [0.5, 0.6) is 0 Å². The van der Waals surface area contributed by atoms with E-state index in [0.29, 0.717) is 12.6 Å². The highest BCUT2D eigenvalue weighted by atomic mass is 19.1. The molecule has 1 fully saturated rings. The predicted octanol–water partition coefficient (Wildman–Crippen LogP) is 0.819. The zero-order chi connectivity index (χ0) is 12.1. The number of piperazine rings is 1. The van der Waals surface area contributed by atoms with E-state index < -0.39 is 0 Å². The quantitative estimate of drug-likeness (QED) is 0.812. The number of halogens is 1. The van der Waals surface area contributed by atoms with Crippen molar-refractivity contribution in [2.75, 3.05) is 33.2 Å². The molecule has 0 bridgehead atoms. The van der Waals surface area contributed by atoms with Crippen LogP contribution < -0.4 is 10.6 Å². The molecule has 1 unspecified atom stereocenters. The van der Waals surface area contributed by atoms with E-state index in [1.165, 1.54) is 6.07 Å². The molecule has 2 rings (SSSR count). The number of benzene rings is 1. The number of hydrogen-bond donors (Lipinski definition) is 2. The zero-order valence-electron chi connectivity index (χ0n) is 10.2. The molecule has 17 heavy (non-hydrogen) atoms. The van der Waals surface area contributed by atoms with Gasteiger partial charge in [0.2, 0.25) is 0 Å². The number of likely N-dealkylation sites (N-methyl/N-ethyl adjacent to an activating group) is 1. The van der Waals surface area contributed by atoms with Crippen LogP contribution in [-0.4, -0.2) is 44.2 Å². The van der Waals surface area contributed by atoms with Crippen molar-refractivity contribution in [3.63, 3.8) is 0 Å². The van der Waals surface area contributed by atoms with Gasteiger partial charge in [0.15, 0.2) is 0 Å². The van der Waals surface area contributed by atoms with Crippen LogP contribution in [0, 0.1) is 5.82 Å². The molecule has 0 aromatic heterocycles. The smallest absolute Gasteiger partial charge is 0.127 e. The van der Waals surface area contributed by atoms with Gasteiger partial charge in [-0.05, 0) is 13.1 Å². The molecule has 0 spiro atoms. The van der Waals surface area contributed by atoms with Gasteiger partial charge in [-0.25, -0.2) is 4.39 Å². The molecule has 0 radical (unpaired) electrons. The molecule has 0 aliphatic carbocycles. The van der Waals surface area contributed by atoms with Crippen LogP contribution in [-0.2, 0) is 6.54 Å². The van der Waals surface area contributed by atoms with Crippen LogP contribution in [0.3, 0.4) is 0 Å². The topological polar surface area (TPSA) is 27.3 Å². The van der Waals surface area contributed by atoms with E-state index in [2.05, 4.69) is 22.6 Å². The molecule has 0 saturated carbocycles. The minimum Gasteiger partial charge on any atom is -0.311 e. The Hall–Kier alpha value is -0.970. The third-order valence-corrected chi connectivity index (χ3v) is 3.12. The van der Waals surface area contributed by atoms with Crippen LogP contribution in [0.25, 0.3) is 0 Å². The summed E-state index contributed by atoms with van der Waals surface area (Å²) >= 11 is 0. The molecule has 4 heteroatoms. The summed E-state index contributed by atoms with van der Waals surface area (Å²) in [6.45, 7) is 4.64. The van der Waals surface area contributed by atoms with Crippen LogP contribution in [0.15, 0.2) is 24.3 Å². The Kier molecular flexibility index (Phi) is 4.48. The van der Waals surface area contributed by atoms with Crippen molar-refractivity contribution in [3.8, 4) is 0 Å². The first-order valence-corrected chi connectivity index (χ1v) is 6.12. The van der Waals surface area contributed by atoms with Crippen molar-refractivity contribution < 1.29 is 4.39 Å². The lowest BCUT2D eigenvalue weighted by Gasteiger charge is -2.31. The van der Waals surface area contributed by atoms with Crippen molar-refractivity contribution in [2.45, 2.75) is 12.6 Å². The van der Waals surface area contributed by atoms with Gasteiger partial charge in [-0.2, -0.15) is 0 Å². The number of nitrogens with zero attached hydrogens (tertiary/aromatic N) is 1. The highest BCUT2D eigenvalue weighted by Gasteiger charge is 2.15. The Morgan fingerprint density at radius 1 is 1.47 bits per heavy atom. The van der Waals surface area contributed by atoms with Crippen molar-refractivity contribution in [2.24, 2.45) is 0 Å². The Morgan fingerprint density at radius 3 is 3.06 bits per heavy atom. The third kappa shape index (κ3) is 3.77. The molecule has 3 nitrogen and oxygen atoms in total. The summed E-state index contributed by atoms with van der Waals surface area (Å²) in [5.74, 6) is -0.131. The lowest BCUT2D eigenvalue weighted by Crippen LogP contribution is -2.53. The molecular formula is C13H20FN3. The molecule has 1 heterocycles. The SMILES string of the molecule is CN1CCNC(CNCc2ccccc2F)C1. The molecule has 94 valence electrons. The fraction of sp³-hybridized carbons (Fsp3) is 0.538. The third-order valence-electron chi connectivity index (χ3n) is 3.12. The number of nitrogens with one attached hydrogen (secondary N) is 2. The maximum Gasteiger partial charge on any atom is 0.127 e. The van der Waals surface area contributed by atoms with Crippen LogP contribution in [0.1, 0.15) is 5.56 Å². The van der Waals surface area contributed by atoms with E-state index in [-0.39, 0.29) is 5.82 Å². The van der Waals surface area contributed by atoms with Crippen molar-refractivity contribution in [1.29, 1.82) is 0 Å². The van der Waals surface area contributed by atoms with Gasteiger partial charge < -0.3 is 15.5 Å². The summed E-state index contributed by atoms with van der Waals surface area (Å²) in [5, 5.41) is 6.76. The second-order valence-corrected chi connectivity index (χ2v) is 4.64. The molecule has 1 aliphatic rings. The van der Waals surface area contributed by atoms with Gasteiger partial charge in [-0.15, -0.1) is 0 Å². The second-order valence-electron chi connectivity index (χ2n) is 4.64. The molecule has 1 aromatic rings. The van der Waals surface area contributed by atoms with Gasteiger partial charge in [-0.3, -0.25) is 0 Å². The lowest BCUT2D eigenvalue weighted by atomic mass is 10.2. The Balaban J connectivity index is 1.74. The van der Waals surface area contributed by atoms with E-state index in [9.17, 15) is 4.39 Å². The second kappa shape index (κ2) is 6.10. The minimum atomic E-state index is -0.131. The zero-order valence-corrected chi connectivity index (χ0v) is 10.2. The first-order valence-electron chi connectivity index (χ1n) is 6.12. The van der Waals surface area contributed by atoms with Crippen LogP contribution in [0.4, 0.5) is 4.39 Å². The Morgan fingerprint density at radius 2 is 2.29 bits per heavy atom. The molecule has 0 amide bonds. The normalized spacial score (nSPS) is 21.6. The van der Waals surface area contributed by atoms with E-state index in [1.807, 2.05) is 12.1 Å². The minimum absolute atomic E-state index is 0.131. The molecule has 1 atom stereocenters. The summed E-state index contributed by atoms with van der Waals surface area (Å²) in [6, 6.07) is 7.37. The van der Waals surface area contributed by atoms with Gasteiger partial charge >= 0.3 is 0 Å². The summed E-state index contributed by atoms with van der Waals surface area (Å²) in [4.78, 5) is 2.31. The first kappa shape index (κ1) is 12.5. The highest BCUT2D eigenvalue weighted by Crippen LogP contribution is 2.05. The predicted molar refractivity (Wildman–Crippen MR) is 67.4 cm³/mol. The monoisotopic (exact) mass is 237 g/mol. The average Bonchev–Trinajstić information content (AvgIpc) is 2.32. The summed E-state index contributed by atoms with van der Waals surface area (Å²) in [7, 11) is 2.13. The largest absolute Gasteiger partial charge is 0.311 e. The van der Waals surface area contributed by atoms with Gasteiger partial charge in [0, 0.05) is 44.3 Å².